The van der Waals surface area contributed by atoms with Crippen LogP contribution in [0.1, 0.15) is 22.8 Å². The number of ketones is 1. The van der Waals surface area contributed by atoms with Gasteiger partial charge in [0.05, 0.1) is 10.2 Å². The van der Waals surface area contributed by atoms with E-state index in [0.717, 1.165) is 20.7 Å². The summed E-state index contributed by atoms with van der Waals surface area (Å²) in [4.78, 5) is 24.8. The maximum absolute atomic E-state index is 12.0. The molecule has 1 aromatic carbocycles. The second-order valence-electron chi connectivity index (χ2n) is 5.20. The minimum absolute atomic E-state index is 0.0741. The van der Waals surface area contributed by atoms with Gasteiger partial charge in [0.1, 0.15) is 0 Å². The fraction of sp³-hybridized carbons (Fsp3) is 0.176. The highest BCUT2D eigenvalue weighted by atomic mass is 32.1. The van der Waals surface area contributed by atoms with Gasteiger partial charge in [0.15, 0.2) is 5.78 Å². The van der Waals surface area contributed by atoms with Crippen LogP contribution in [0.2, 0.25) is 0 Å². The lowest BCUT2D eigenvalue weighted by atomic mass is 10.1. The van der Waals surface area contributed by atoms with Crippen LogP contribution in [0.25, 0.3) is 20.7 Å². The number of hydrogen-bond donors (Lipinski definition) is 0. The lowest BCUT2D eigenvalue weighted by Gasteiger charge is -2.02. The molecule has 3 rings (SSSR count). The third-order valence-corrected chi connectivity index (χ3v) is 4.84. The first-order valence-electron chi connectivity index (χ1n) is 6.69. The maximum Gasteiger partial charge on any atom is 0.251 e. The Hall–Kier alpha value is -2.20. The van der Waals surface area contributed by atoms with Crippen molar-refractivity contribution in [2.75, 3.05) is 0 Å². The topological polar surface area (TPSA) is 39.1 Å². The lowest BCUT2D eigenvalue weighted by Crippen LogP contribution is -2.17. The van der Waals surface area contributed by atoms with E-state index in [2.05, 4.69) is 24.3 Å². The summed E-state index contributed by atoms with van der Waals surface area (Å²) in [6.07, 6.45) is 0. The molecule has 0 amide bonds. The molecule has 0 aliphatic heterocycles. The van der Waals surface area contributed by atoms with E-state index in [1.165, 1.54) is 18.6 Å². The number of rotatable bonds is 2. The fourth-order valence-corrected chi connectivity index (χ4v) is 3.61. The van der Waals surface area contributed by atoms with Crippen molar-refractivity contribution in [1.82, 2.24) is 4.57 Å². The number of thiophene rings is 1. The number of nitrogens with zero attached hydrogens (tertiary/aromatic N) is 1. The van der Waals surface area contributed by atoms with E-state index in [1.807, 2.05) is 13.0 Å². The fourth-order valence-electron chi connectivity index (χ4n) is 2.35. The standard InChI is InChI=1S/C17H15NO2S/c1-10-4-6-12(7-5-10)15-9-14-17(21-15)13(11(2)19)8-16(20)18(14)3/h4-9H,1-3H3. The largest absolute Gasteiger partial charge is 0.310 e. The van der Waals surface area contributed by atoms with Gasteiger partial charge in [0.2, 0.25) is 0 Å². The van der Waals surface area contributed by atoms with Gasteiger partial charge in [-0.2, -0.15) is 0 Å². The molecular formula is C17H15NO2S. The zero-order valence-corrected chi connectivity index (χ0v) is 13.0. The summed E-state index contributed by atoms with van der Waals surface area (Å²) in [5, 5.41) is 0. The second-order valence-corrected chi connectivity index (χ2v) is 6.25. The van der Waals surface area contributed by atoms with Crippen molar-refractivity contribution in [1.29, 1.82) is 0 Å². The third kappa shape index (κ3) is 2.32. The number of pyridine rings is 1. The Balaban J connectivity index is 2.31. The zero-order valence-electron chi connectivity index (χ0n) is 12.1. The molecule has 0 bridgehead atoms. The molecule has 0 fully saturated rings. The maximum atomic E-state index is 12.0. The van der Waals surface area contributed by atoms with E-state index < -0.39 is 0 Å². The number of aryl methyl sites for hydroxylation is 2. The monoisotopic (exact) mass is 297 g/mol. The van der Waals surface area contributed by atoms with E-state index in [0.29, 0.717) is 5.56 Å². The predicted molar refractivity (Wildman–Crippen MR) is 87.2 cm³/mol. The van der Waals surface area contributed by atoms with Crippen molar-refractivity contribution in [3.05, 3.63) is 57.9 Å². The highest BCUT2D eigenvalue weighted by Crippen LogP contribution is 2.34. The Labute approximate surface area is 126 Å². The first-order chi connectivity index (χ1) is 9.97. The van der Waals surface area contributed by atoms with Crippen LogP contribution in [0.4, 0.5) is 0 Å². The van der Waals surface area contributed by atoms with Gasteiger partial charge in [-0.1, -0.05) is 29.8 Å². The Morgan fingerprint density at radius 1 is 1.14 bits per heavy atom. The molecule has 0 aliphatic rings. The summed E-state index contributed by atoms with van der Waals surface area (Å²) in [5.41, 5.74) is 3.48. The van der Waals surface area contributed by atoms with Crippen LogP contribution in [0.15, 0.2) is 41.2 Å². The SMILES string of the molecule is CC(=O)c1cc(=O)n(C)c2cc(-c3ccc(C)cc3)sc12. The van der Waals surface area contributed by atoms with Crippen LogP contribution in [0.5, 0.6) is 0 Å². The third-order valence-electron chi connectivity index (χ3n) is 3.63. The van der Waals surface area contributed by atoms with Gasteiger partial charge in [-0.25, -0.2) is 0 Å². The van der Waals surface area contributed by atoms with Crippen LogP contribution in [0, 0.1) is 6.92 Å². The summed E-state index contributed by atoms with van der Waals surface area (Å²) in [6.45, 7) is 3.55. The Kier molecular flexibility index (Phi) is 3.26. The molecular weight excluding hydrogens is 282 g/mol. The molecule has 106 valence electrons. The van der Waals surface area contributed by atoms with E-state index in [1.54, 1.807) is 23.0 Å². The Bertz CT molecular complexity index is 901. The molecule has 3 nitrogen and oxygen atoms in total. The predicted octanol–water partition coefficient (Wildman–Crippen LogP) is 3.78. The minimum Gasteiger partial charge on any atom is -0.310 e. The Morgan fingerprint density at radius 3 is 2.43 bits per heavy atom. The van der Waals surface area contributed by atoms with E-state index in [-0.39, 0.29) is 11.3 Å². The van der Waals surface area contributed by atoms with Crippen molar-refractivity contribution in [2.45, 2.75) is 13.8 Å². The highest BCUT2D eigenvalue weighted by Gasteiger charge is 2.14. The molecule has 0 radical (unpaired) electrons. The van der Waals surface area contributed by atoms with Crippen molar-refractivity contribution in [3.63, 3.8) is 0 Å². The highest BCUT2D eigenvalue weighted by molar-refractivity contribution is 7.22. The van der Waals surface area contributed by atoms with Gasteiger partial charge in [-0.05, 0) is 25.5 Å². The number of benzene rings is 1. The summed E-state index contributed by atoms with van der Waals surface area (Å²) in [6, 6.07) is 11.7. The lowest BCUT2D eigenvalue weighted by molar-refractivity contribution is 0.101. The van der Waals surface area contributed by atoms with Crippen LogP contribution in [-0.2, 0) is 7.05 Å². The number of carbonyl (C=O) groups excluding carboxylic acids is 1. The zero-order chi connectivity index (χ0) is 15.1. The first kappa shape index (κ1) is 13.8. The number of aromatic nitrogens is 1. The average molecular weight is 297 g/mol. The van der Waals surface area contributed by atoms with Gasteiger partial charge < -0.3 is 4.57 Å². The summed E-state index contributed by atoms with van der Waals surface area (Å²) < 4.78 is 2.47. The minimum atomic E-state index is -0.152. The molecule has 0 atom stereocenters. The number of hydrogen-bond acceptors (Lipinski definition) is 3. The van der Waals surface area contributed by atoms with E-state index >= 15 is 0 Å². The number of fused-ring (bicyclic) bond motifs is 1. The van der Waals surface area contributed by atoms with E-state index in [9.17, 15) is 9.59 Å². The molecule has 0 aliphatic carbocycles. The molecule has 21 heavy (non-hydrogen) atoms. The number of carbonyl (C=O) groups is 1. The second kappa shape index (κ2) is 4.97. The van der Waals surface area contributed by atoms with Gasteiger partial charge in [-0.3, -0.25) is 9.59 Å². The summed E-state index contributed by atoms with van der Waals surface area (Å²) >= 11 is 1.55. The van der Waals surface area contributed by atoms with Gasteiger partial charge in [0, 0.05) is 23.6 Å². The molecule has 0 N–H and O–H groups in total. The van der Waals surface area contributed by atoms with Gasteiger partial charge in [0.25, 0.3) is 5.56 Å². The van der Waals surface area contributed by atoms with Crippen LogP contribution in [0.3, 0.4) is 0 Å². The van der Waals surface area contributed by atoms with Crippen molar-refractivity contribution in [2.24, 2.45) is 7.05 Å². The van der Waals surface area contributed by atoms with Crippen molar-refractivity contribution >= 4 is 27.3 Å². The quantitative estimate of drug-likeness (QED) is 0.675. The Morgan fingerprint density at radius 2 is 1.81 bits per heavy atom. The van der Waals surface area contributed by atoms with Crippen LogP contribution >= 0.6 is 11.3 Å². The molecule has 2 heterocycles. The van der Waals surface area contributed by atoms with Gasteiger partial charge in [-0.15, -0.1) is 11.3 Å². The normalized spacial score (nSPS) is 11.0. The molecule has 2 aromatic heterocycles. The average Bonchev–Trinajstić information content (AvgIpc) is 2.88. The van der Waals surface area contributed by atoms with Crippen molar-refractivity contribution < 1.29 is 4.79 Å². The molecule has 0 saturated heterocycles. The van der Waals surface area contributed by atoms with Crippen LogP contribution in [-0.4, -0.2) is 10.4 Å². The molecule has 0 saturated carbocycles. The first-order valence-corrected chi connectivity index (χ1v) is 7.50. The van der Waals surface area contributed by atoms with Gasteiger partial charge >= 0.3 is 0 Å². The van der Waals surface area contributed by atoms with Crippen LogP contribution < -0.4 is 5.56 Å². The smallest absolute Gasteiger partial charge is 0.251 e. The molecule has 0 unspecified atom stereocenters. The van der Waals surface area contributed by atoms with E-state index in [4.69, 9.17) is 0 Å². The van der Waals surface area contributed by atoms with Crippen molar-refractivity contribution in [3.8, 4) is 10.4 Å². The molecule has 0 spiro atoms. The number of Topliss-reactive ketones (excluding diaryl/α,β-unsaturated/α-hetero) is 1. The summed E-state index contributed by atoms with van der Waals surface area (Å²) in [7, 11) is 1.74. The molecule has 3 aromatic rings. The molecule has 4 heteroatoms. The summed E-state index contributed by atoms with van der Waals surface area (Å²) in [5.74, 6) is -0.0741.